The molecule has 1 aromatic rings. The van der Waals surface area contributed by atoms with Crippen LogP contribution < -0.4 is 10.5 Å². The van der Waals surface area contributed by atoms with E-state index in [0.29, 0.717) is 5.56 Å². The Hall–Kier alpha value is -1.35. The van der Waals surface area contributed by atoms with Crippen molar-refractivity contribution in [2.24, 2.45) is 0 Å². The zero-order chi connectivity index (χ0) is 15.7. The molecule has 0 aromatic heterocycles. The molecule has 0 spiro atoms. The van der Waals surface area contributed by atoms with Crippen LogP contribution in [0.15, 0.2) is 17.0 Å². The zero-order valence-electron chi connectivity index (χ0n) is 10.8. The van der Waals surface area contributed by atoms with Gasteiger partial charge in [-0.2, -0.15) is 8.78 Å². The minimum Gasteiger partial charge on any atom is -0.398 e. The normalized spacial score (nSPS) is 12.9. The minimum absolute atomic E-state index is 0.138. The molecule has 0 saturated heterocycles. The summed E-state index contributed by atoms with van der Waals surface area (Å²) < 4.78 is 74.9. The molecule has 0 heterocycles. The van der Waals surface area contributed by atoms with Gasteiger partial charge in [-0.1, -0.05) is 6.07 Å². The van der Waals surface area contributed by atoms with E-state index in [9.17, 15) is 26.0 Å². The second-order valence-electron chi connectivity index (χ2n) is 4.31. The molecule has 114 valence electrons. The van der Waals surface area contributed by atoms with E-state index in [1.807, 2.05) is 0 Å². The molecule has 9 heteroatoms. The van der Waals surface area contributed by atoms with Crippen molar-refractivity contribution >= 4 is 15.7 Å². The Bertz CT molecular complexity index is 603. The predicted molar refractivity (Wildman–Crippen MR) is 66.5 cm³/mol. The van der Waals surface area contributed by atoms with Crippen molar-refractivity contribution in [3.8, 4) is 0 Å². The van der Waals surface area contributed by atoms with E-state index < -0.39 is 28.9 Å². The highest BCUT2D eigenvalue weighted by Crippen LogP contribution is 2.27. The maximum Gasteiger partial charge on any atom is 0.320 e. The second kappa shape index (κ2) is 5.57. The monoisotopic (exact) mass is 314 g/mol. The van der Waals surface area contributed by atoms with Crippen LogP contribution in [0.2, 0.25) is 0 Å². The van der Waals surface area contributed by atoms with Crippen LogP contribution >= 0.6 is 0 Å². The van der Waals surface area contributed by atoms with Crippen LogP contribution in [0, 0.1) is 13.8 Å². The number of rotatable bonds is 5. The van der Waals surface area contributed by atoms with Gasteiger partial charge in [-0.3, -0.25) is 0 Å². The Balaban J connectivity index is 3.11. The fraction of sp³-hybridized carbons (Fsp3) is 0.455. The van der Waals surface area contributed by atoms with Gasteiger partial charge in [-0.05, 0) is 31.0 Å². The van der Waals surface area contributed by atoms with Crippen molar-refractivity contribution in [2.45, 2.75) is 31.1 Å². The molecule has 0 saturated carbocycles. The highest BCUT2D eigenvalue weighted by atomic mass is 32.2. The van der Waals surface area contributed by atoms with Crippen LogP contribution in [0.5, 0.6) is 0 Å². The Morgan fingerprint density at radius 3 is 2.35 bits per heavy atom. The van der Waals surface area contributed by atoms with Crippen molar-refractivity contribution in [3.05, 3.63) is 23.3 Å². The van der Waals surface area contributed by atoms with Crippen LogP contribution in [-0.2, 0) is 10.0 Å². The maximum absolute atomic E-state index is 12.8. The smallest absolute Gasteiger partial charge is 0.320 e. The topological polar surface area (TPSA) is 72.2 Å². The van der Waals surface area contributed by atoms with Crippen molar-refractivity contribution in [1.82, 2.24) is 4.72 Å². The molecular weight excluding hydrogens is 300 g/mol. The molecule has 4 nitrogen and oxygen atoms in total. The average molecular weight is 314 g/mol. The highest BCUT2D eigenvalue weighted by Gasteiger charge is 2.41. The first-order valence-corrected chi connectivity index (χ1v) is 6.98. The van der Waals surface area contributed by atoms with E-state index >= 15 is 0 Å². The van der Waals surface area contributed by atoms with Crippen LogP contribution in [0.4, 0.5) is 23.2 Å². The number of alkyl halides is 4. The maximum atomic E-state index is 12.8. The number of nitrogens with one attached hydrogen (secondary N) is 1. The molecule has 0 bridgehead atoms. The first-order chi connectivity index (χ1) is 8.99. The van der Waals surface area contributed by atoms with Crippen molar-refractivity contribution < 1.29 is 26.0 Å². The van der Waals surface area contributed by atoms with E-state index in [4.69, 9.17) is 5.73 Å². The number of hydrogen-bond donors (Lipinski definition) is 2. The molecule has 1 aromatic carbocycles. The first-order valence-electron chi connectivity index (χ1n) is 5.50. The average Bonchev–Trinajstić information content (AvgIpc) is 2.32. The van der Waals surface area contributed by atoms with Crippen molar-refractivity contribution in [2.75, 3.05) is 12.3 Å². The summed E-state index contributed by atoms with van der Waals surface area (Å²) in [5.41, 5.74) is 6.24. The molecule has 20 heavy (non-hydrogen) atoms. The van der Waals surface area contributed by atoms with Gasteiger partial charge in [0, 0.05) is 0 Å². The minimum atomic E-state index is -4.44. The molecule has 0 fully saturated rings. The van der Waals surface area contributed by atoms with Gasteiger partial charge in [-0.15, -0.1) is 0 Å². The summed E-state index contributed by atoms with van der Waals surface area (Å²) in [6.07, 6.45) is -3.96. The lowest BCUT2D eigenvalue weighted by Crippen LogP contribution is -2.41. The lowest BCUT2D eigenvalue weighted by atomic mass is 10.1. The first kappa shape index (κ1) is 16.7. The summed E-state index contributed by atoms with van der Waals surface area (Å²) in [7, 11) is -4.40. The third-order valence-electron chi connectivity index (χ3n) is 2.79. The third-order valence-corrected chi connectivity index (χ3v) is 4.40. The van der Waals surface area contributed by atoms with E-state index in [2.05, 4.69) is 0 Å². The van der Waals surface area contributed by atoms with Gasteiger partial charge in [-0.25, -0.2) is 21.9 Å². The third kappa shape index (κ3) is 3.40. The van der Waals surface area contributed by atoms with E-state index in [1.54, 1.807) is 13.0 Å². The summed E-state index contributed by atoms with van der Waals surface area (Å²) in [6, 6.07) is 2.87. The summed E-state index contributed by atoms with van der Waals surface area (Å²) in [5.74, 6) is -4.44. The van der Waals surface area contributed by atoms with Gasteiger partial charge in [0.15, 0.2) is 0 Å². The highest BCUT2D eigenvalue weighted by molar-refractivity contribution is 7.89. The Morgan fingerprint density at radius 1 is 1.30 bits per heavy atom. The number of nitrogen functional groups attached to an aromatic ring is 1. The van der Waals surface area contributed by atoms with Crippen molar-refractivity contribution in [3.63, 3.8) is 0 Å². The van der Waals surface area contributed by atoms with Crippen LogP contribution in [0.25, 0.3) is 0 Å². The van der Waals surface area contributed by atoms with Gasteiger partial charge in [0.05, 0.1) is 12.2 Å². The fourth-order valence-electron chi connectivity index (χ4n) is 1.51. The van der Waals surface area contributed by atoms with Crippen LogP contribution in [-0.4, -0.2) is 27.3 Å². The number of nitrogens with two attached hydrogens (primary N) is 1. The molecule has 0 aliphatic carbocycles. The van der Waals surface area contributed by atoms with Gasteiger partial charge in [0.2, 0.25) is 10.0 Å². The van der Waals surface area contributed by atoms with Crippen molar-refractivity contribution in [1.29, 1.82) is 0 Å². The van der Waals surface area contributed by atoms with Gasteiger partial charge in [0.25, 0.3) is 0 Å². The van der Waals surface area contributed by atoms with E-state index in [0.717, 1.165) is 0 Å². The molecular formula is C11H14F4N2O2S. The van der Waals surface area contributed by atoms with E-state index in [-0.39, 0.29) is 16.1 Å². The number of sulfonamides is 1. The number of aryl methyl sites for hydroxylation is 1. The lowest BCUT2D eigenvalue weighted by molar-refractivity contribution is -0.122. The Kier molecular flexibility index (Phi) is 4.65. The van der Waals surface area contributed by atoms with Gasteiger partial charge >= 0.3 is 12.3 Å². The largest absolute Gasteiger partial charge is 0.398 e. The van der Waals surface area contributed by atoms with Gasteiger partial charge in [0.1, 0.15) is 4.90 Å². The Labute approximate surface area is 114 Å². The fourth-order valence-corrected chi connectivity index (χ4v) is 2.98. The predicted octanol–water partition coefficient (Wildman–Crippen LogP) is 2.06. The SMILES string of the molecule is Cc1ccc(N)c(S(=O)(=O)NCC(F)(F)C(F)F)c1C. The summed E-state index contributed by atoms with van der Waals surface area (Å²) in [6.45, 7) is 1.37. The molecule has 0 atom stereocenters. The molecule has 0 unspecified atom stereocenters. The number of anilines is 1. The standard InChI is InChI=1S/C11H14F4N2O2S/c1-6-3-4-8(16)9(7(6)2)20(18,19)17-5-11(14,15)10(12)13/h3-4,10,17H,5,16H2,1-2H3. The molecule has 0 aliphatic heterocycles. The molecule has 0 amide bonds. The van der Waals surface area contributed by atoms with Crippen LogP contribution in [0.3, 0.4) is 0 Å². The zero-order valence-corrected chi connectivity index (χ0v) is 11.6. The lowest BCUT2D eigenvalue weighted by Gasteiger charge is -2.18. The second-order valence-corrected chi connectivity index (χ2v) is 6.02. The summed E-state index contributed by atoms with van der Waals surface area (Å²) >= 11 is 0. The Morgan fingerprint density at radius 2 is 1.85 bits per heavy atom. The summed E-state index contributed by atoms with van der Waals surface area (Å²) in [5, 5.41) is 0. The molecule has 0 aliphatic rings. The summed E-state index contributed by atoms with van der Waals surface area (Å²) in [4.78, 5) is -0.373. The van der Waals surface area contributed by atoms with Gasteiger partial charge < -0.3 is 5.73 Å². The number of halogens is 4. The number of hydrogen-bond acceptors (Lipinski definition) is 3. The quantitative estimate of drug-likeness (QED) is 0.645. The molecule has 1 rings (SSSR count). The number of benzene rings is 1. The molecule has 3 N–H and O–H groups in total. The van der Waals surface area contributed by atoms with E-state index in [1.165, 1.54) is 17.7 Å². The molecule has 0 radical (unpaired) electrons. The van der Waals surface area contributed by atoms with Crippen LogP contribution in [0.1, 0.15) is 11.1 Å².